The van der Waals surface area contributed by atoms with Crippen LogP contribution in [0.4, 0.5) is 0 Å². The van der Waals surface area contributed by atoms with Gasteiger partial charge in [0.2, 0.25) is 0 Å². The Bertz CT molecular complexity index is 509. The van der Waals surface area contributed by atoms with Gasteiger partial charge in [0.15, 0.2) is 0 Å². The molecule has 17 heavy (non-hydrogen) atoms. The third-order valence-electron chi connectivity index (χ3n) is 3.58. The van der Waals surface area contributed by atoms with Crippen LogP contribution in [0.25, 0.3) is 0 Å². The molecule has 0 saturated carbocycles. The third kappa shape index (κ3) is 1.68. The second kappa shape index (κ2) is 4.17. The summed E-state index contributed by atoms with van der Waals surface area (Å²) in [5.41, 5.74) is 4.96. The molecule has 0 saturated heterocycles. The molecule has 1 nitrogen and oxygen atoms in total. The van der Waals surface area contributed by atoms with E-state index in [-0.39, 0.29) is 5.92 Å². The third-order valence-corrected chi connectivity index (χ3v) is 3.58. The number of benzene rings is 2. The summed E-state index contributed by atoms with van der Waals surface area (Å²) in [6, 6.07) is 16.6. The van der Waals surface area contributed by atoms with E-state index in [2.05, 4.69) is 36.4 Å². The number of hydrogen-bond acceptors (Lipinski definition) is 1. The largest absolute Gasteiger partial charge is 0.302 e. The van der Waals surface area contributed by atoms with E-state index >= 15 is 0 Å². The van der Waals surface area contributed by atoms with Crippen molar-refractivity contribution in [3.8, 4) is 0 Å². The molecule has 0 amide bonds. The van der Waals surface area contributed by atoms with Crippen LogP contribution in [0.15, 0.2) is 48.5 Å². The van der Waals surface area contributed by atoms with Crippen LogP contribution in [0.2, 0.25) is 0 Å². The summed E-state index contributed by atoms with van der Waals surface area (Å²) >= 11 is 0. The highest BCUT2D eigenvalue weighted by Gasteiger charge is 2.22. The number of aryl methyl sites for hydroxylation is 2. The van der Waals surface area contributed by atoms with Gasteiger partial charge in [0.1, 0.15) is 6.29 Å². The van der Waals surface area contributed by atoms with E-state index in [1.54, 1.807) is 0 Å². The topological polar surface area (TPSA) is 17.1 Å². The summed E-state index contributed by atoms with van der Waals surface area (Å²) < 4.78 is 0. The quantitative estimate of drug-likeness (QED) is 0.677. The van der Waals surface area contributed by atoms with E-state index in [1.807, 2.05) is 12.1 Å². The Kier molecular flexibility index (Phi) is 2.52. The Morgan fingerprint density at radius 2 is 1.29 bits per heavy atom. The van der Waals surface area contributed by atoms with Crippen molar-refractivity contribution in [2.45, 2.75) is 18.8 Å². The average Bonchev–Trinajstić information content (AvgIpc) is 2.55. The fourth-order valence-electron chi connectivity index (χ4n) is 2.71. The zero-order valence-corrected chi connectivity index (χ0v) is 9.60. The molecule has 1 aliphatic carbocycles. The van der Waals surface area contributed by atoms with Crippen molar-refractivity contribution in [2.75, 3.05) is 0 Å². The minimum absolute atomic E-state index is 0.0927. The molecule has 0 heterocycles. The molecule has 2 aromatic carbocycles. The normalized spacial score (nSPS) is 14.6. The van der Waals surface area contributed by atoms with Gasteiger partial charge in [-0.2, -0.15) is 0 Å². The highest BCUT2D eigenvalue weighted by molar-refractivity contribution is 5.71. The van der Waals surface area contributed by atoms with Gasteiger partial charge in [0, 0.05) is 0 Å². The molecule has 0 N–H and O–H groups in total. The number of carbonyl (C=O) groups excluding carboxylic acids is 1. The molecule has 0 unspecified atom stereocenters. The molecule has 0 aromatic heterocycles. The zero-order valence-electron chi connectivity index (χ0n) is 9.60. The highest BCUT2D eigenvalue weighted by atomic mass is 16.1. The molecule has 0 atom stereocenters. The lowest BCUT2D eigenvalue weighted by Crippen LogP contribution is -2.04. The van der Waals surface area contributed by atoms with Crippen LogP contribution in [0.5, 0.6) is 0 Å². The molecule has 84 valence electrons. The first kappa shape index (κ1) is 10.3. The van der Waals surface area contributed by atoms with E-state index in [1.165, 1.54) is 22.3 Å². The molecule has 1 heteroatoms. The lowest BCUT2D eigenvalue weighted by atomic mass is 9.89. The number of hydrogen-bond donors (Lipinski definition) is 0. The summed E-state index contributed by atoms with van der Waals surface area (Å²) in [5, 5.41) is 0. The predicted octanol–water partition coefficient (Wildman–Crippen LogP) is 3.12. The van der Waals surface area contributed by atoms with Crippen molar-refractivity contribution in [1.29, 1.82) is 0 Å². The van der Waals surface area contributed by atoms with E-state index < -0.39 is 0 Å². The molecule has 0 fully saturated rings. The van der Waals surface area contributed by atoms with Crippen molar-refractivity contribution in [1.82, 2.24) is 0 Å². The molecule has 1 aliphatic rings. The maximum atomic E-state index is 11.4. The summed E-state index contributed by atoms with van der Waals surface area (Å²) in [4.78, 5) is 11.4. The van der Waals surface area contributed by atoms with Crippen LogP contribution in [0, 0.1) is 0 Å². The molecule has 0 bridgehead atoms. The molecule has 0 spiro atoms. The minimum Gasteiger partial charge on any atom is -0.302 e. The summed E-state index contributed by atoms with van der Waals surface area (Å²) in [5.74, 6) is -0.0927. The first-order valence-electron chi connectivity index (χ1n) is 6.01. The van der Waals surface area contributed by atoms with Gasteiger partial charge in [0.05, 0.1) is 5.92 Å². The lowest BCUT2D eigenvalue weighted by molar-refractivity contribution is -0.108. The Morgan fingerprint density at radius 1 is 0.824 bits per heavy atom. The Labute approximate surface area is 101 Å². The van der Waals surface area contributed by atoms with Crippen LogP contribution in [0.3, 0.4) is 0 Å². The van der Waals surface area contributed by atoms with Crippen molar-refractivity contribution < 1.29 is 4.79 Å². The number of carbonyl (C=O) groups is 1. The van der Waals surface area contributed by atoms with Gasteiger partial charge in [-0.15, -0.1) is 0 Å². The lowest BCUT2D eigenvalue weighted by Gasteiger charge is -2.13. The van der Waals surface area contributed by atoms with Crippen LogP contribution in [-0.4, -0.2) is 6.29 Å². The molecule has 0 aliphatic heterocycles. The number of aldehydes is 1. The number of rotatable bonds is 1. The Balaban J connectivity index is 2.22. The summed E-state index contributed by atoms with van der Waals surface area (Å²) in [6.45, 7) is 0. The fourth-order valence-corrected chi connectivity index (χ4v) is 2.71. The fraction of sp³-hybridized carbons (Fsp3) is 0.188. The van der Waals surface area contributed by atoms with Gasteiger partial charge < -0.3 is 4.79 Å². The van der Waals surface area contributed by atoms with E-state index in [0.29, 0.717) is 0 Å². The van der Waals surface area contributed by atoms with Crippen LogP contribution >= 0.6 is 0 Å². The van der Waals surface area contributed by atoms with Gasteiger partial charge >= 0.3 is 0 Å². The van der Waals surface area contributed by atoms with Gasteiger partial charge in [-0.25, -0.2) is 0 Å². The minimum atomic E-state index is -0.0927. The maximum absolute atomic E-state index is 11.4. The maximum Gasteiger partial charge on any atom is 0.131 e. The monoisotopic (exact) mass is 222 g/mol. The molecular weight excluding hydrogens is 208 g/mol. The van der Waals surface area contributed by atoms with Crippen molar-refractivity contribution in [2.24, 2.45) is 0 Å². The van der Waals surface area contributed by atoms with Gasteiger partial charge in [0.25, 0.3) is 0 Å². The number of fused-ring (bicyclic) bond motifs is 2. The average molecular weight is 222 g/mol. The summed E-state index contributed by atoms with van der Waals surface area (Å²) in [6.07, 6.45) is 3.12. The molecule has 2 aromatic rings. The van der Waals surface area contributed by atoms with Crippen molar-refractivity contribution in [3.05, 3.63) is 70.8 Å². The predicted molar refractivity (Wildman–Crippen MR) is 68.2 cm³/mol. The van der Waals surface area contributed by atoms with Crippen LogP contribution < -0.4 is 0 Å². The first-order valence-corrected chi connectivity index (χ1v) is 6.01. The standard InChI is InChI=1S/C16H14O/c17-11-16-14-7-3-1-5-12(14)9-10-13-6-2-4-8-15(13)16/h1-8,11,16H,9-10H2. The van der Waals surface area contributed by atoms with Gasteiger partial charge in [-0.1, -0.05) is 48.5 Å². The van der Waals surface area contributed by atoms with Crippen molar-refractivity contribution in [3.63, 3.8) is 0 Å². The molecular formula is C16H14O. The Morgan fingerprint density at radius 3 is 1.76 bits per heavy atom. The SMILES string of the molecule is O=CC1c2ccccc2CCc2ccccc21. The Hall–Kier alpha value is -1.89. The van der Waals surface area contributed by atoms with Crippen molar-refractivity contribution >= 4 is 6.29 Å². The second-order valence-corrected chi connectivity index (χ2v) is 4.51. The van der Waals surface area contributed by atoms with Gasteiger partial charge in [-0.05, 0) is 35.1 Å². The van der Waals surface area contributed by atoms with Crippen LogP contribution in [0.1, 0.15) is 28.2 Å². The second-order valence-electron chi connectivity index (χ2n) is 4.51. The smallest absolute Gasteiger partial charge is 0.131 e. The molecule has 0 radical (unpaired) electrons. The van der Waals surface area contributed by atoms with E-state index in [4.69, 9.17) is 0 Å². The highest BCUT2D eigenvalue weighted by Crippen LogP contribution is 2.32. The van der Waals surface area contributed by atoms with Gasteiger partial charge in [-0.3, -0.25) is 0 Å². The molecule has 3 rings (SSSR count). The zero-order chi connectivity index (χ0) is 11.7. The van der Waals surface area contributed by atoms with Crippen LogP contribution in [-0.2, 0) is 17.6 Å². The summed E-state index contributed by atoms with van der Waals surface area (Å²) in [7, 11) is 0. The van der Waals surface area contributed by atoms with E-state index in [0.717, 1.165) is 19.1 Å². The van der Waals surface area contributed by atoms with E-state index in [9.17, 15) is 4.79 Å². The first-order chi connectivity index (χ1) is 8.40.